The Balaban J connectivity index is 2.19. The first-order valence-electron chi connectivity index (χ1n) is 5.79. The van der Waals surface area contributed by atoms with E-state index in [1.54, 1.807) is 13.2 Å². The maximum Gasteiger partial charge on any atom is 0.258 e. The summed E-state index contributed by atoms with van der Waals surface area (Å²) in [4.78, 5) is 11.9. The first kappa shape index (κ1) is 13.8. The van der Waals surface area contributed by atoms with Crippen molar-refractivity contribution >= 4 is 11.6 Å². The van der Waals surface area contributed by atoms with Gasteiger partial charge in [0.1, 0.15) is 12.4 Å². The van der Waals surface area contributed by atoms with Gasteiger partial charge < -0.3 is 10.4 Å². The third-order valence-electron chi connectivity index (χ3n) is 2.49. The van der Waals surface area contributed by atoms with Crippen LogP contribution in [0.1, 0.15) is 15.9 Å². The highest BCUT2D eigenvalue weighted by molar-refractivity contribution is 6.04. The van der Waals surface area contributed by atoms with Gasteiger partial charge in [-0.15, -0.1) is 0 Å². The molecule has 0 saturated carbocycles. The number of aliphatic hydroxyl groups is 1. The molecular formula is C14H12FN3O2. The summed E-state index contributed by atoms with van der Waals surface area (Å²) < 4.78 is 15.0. The average molecular weight is 273 g/mol. The van der Waals surface area contributed by atoms with Gasteiger partial charge in [-0.1, -0.05) is 11.8 Å². The molecule has 0 fully saturated rings. The van der Waals surface area contributed by atoms with E-state index in [9.17, 15) is 9.18 Å². The zero-order valence-corrected chi connectivity index (χ0v) is 10.7. The summed E-state index contributed by atoms with van der Waals surface area (Å²) in [5, 5.41) is 15.1. The fourth-order valence-corrected chi connectivity index (χ4v) is 1.58. The topological polar surface area (TPSA) is 67.2 Å². The Kier molecular flexibility index (Phi) is 4.13. The predicted molar refractivity (Wildman–Crippen MR) is 71.5 cm³/mol. The molecular weight excluding hydrogens is 261 g/mol. The van der Waals surface area contributed by atoms with Crippen molar-refractivity contribution < 1.29 is 14.3 Å². The van der Waals surface area contributed by atoms with E-state index in [0.717, 1.165) is 0 Å². The van der Waals surface area contributed by atoms with E-state index in [1.807, 2.05) is 0 Å². The molecule has 1 aromatic carbocycles. The molecule has 6 heteroatoms. The molecule has 5 nitrogen and oxygen atoms in total. The third-order valence-corrected chi connectivity index (χ3v) is 2.49. The maximum absolute atomic E-state index is 13.4. The van der Waals surface area contributed by atoms with Gasteiger partial charge in [0.05, 0.1) is 17.3 Å². The van der Waals surface area contributed by atoms with E-state index in [4.69, 9.17) is 5.11 Å². The molecule has 0 saturated heterocycles. The van der Waals surface area contributed by atoms with Crippen LogP contribution in [0, 0.1) is 17.7 Å². The van der Waals surface area contributed by atoms with E-state index in [2.05, 4.69) is 22.3 Å². The van der Waals surface area contributed by atoms with Crippen LogP contribution in [0.5, 0.6) is 0 Å². The molecule has 0 atom stereocenters. The Labute approximate surface area is 115 Å². The largest absolute Gasteiger partial charge is 0.384 e. The molecule has 0 spiro atoms. The van der Waals surface area contributed by atoms with E-state index in [-0.39, 0.29) is 18.1 Å². The standard InChI is InChI=1S/C14H12FN3O2/c1-18-9-11(8-16-18)14(20)17-12-4-5-13(15)10(7-12)3-2-6-19/h4-5,7-9,19H,6H2,1H3,(H,17,20). The molecule has 0 aliphatic carbocycles. The molecule has 2 rings (SSSR count). The normalized spacial score (nSPS) is 9.75. The van der Waals surface area contributed by atoms with Gasteiger partial charge in [0.2, 0.25) is 0 Å². The fraction of sp³-hybridized carbons (Fsp3) is 0.143. The number of benzene rings is 1. The summed E-state index contributed by atoms with van der Waals surface area (Å²) in [6.45, 7) is -0.355. The summed E-state index contributed by atoms with van der Waals surface area (Å²) in [5.74, 6) is 3.99. The Bertz CT molecular complexity index is 698. The first-order chi connectivity index (χ1) is 9.60. The summed E-state index contributed by atoms with van der Waals surface area (Å²) in [7, 11) is 1.71. The van der Waals surface area contributed by atoms with Gasteiger partial charge in [0.15, 0.2) is 0 Å². The number of hydrogen-bond donors (Lipinski definition) is 2. The van der Waals surface area contributed by atoms with Crippen LogP contribution in [-0.4, -0.2) is 27.4 Å². The molecule has 0 bridgehead atoms. The molecule has 0 aliphatic rings. The summed E-state index contributed by atoms with van der Waals surface area (Å²) in [5.41, 5.74) is 0.936. The molecule has 0 aliphatic heterocycles. The Morgan fingerprint density at radius 3 is 3.00 bits per heavy atom. The van der Waals surface area contributed by atoms with Crippen molar-refractivity contribution in [3.63, 3.8) is 0 Å². The van der Waals surface area contributed by atoms with Crippen molar-refractivity contribution in [1.82, 2.24) is 9.78 Å². The lowest BCUT2D eigenvalue weighted by Crippen LogP contribution is -2.11. The number of halogens is 1. The highest BCUT2D eigenvalue weighted by Crippen LogP contribution is 2.15. The van der Waals surface area contributed by atoms with Gasteiger partial charge in [-0.25, -0.2) is 4.39 Å². The lowest BCUT2D eigenvalue weighted by molar-refractivity contribution is 0.102. The number of aliphatic hydroxyl groups excluding tert-OH is 1. The van der Waals surface area contributed by atoms with Crippen molar-refractivity contribution in [2.45, 2.75) is 0 Å². The molecule has 102 valence electrons. The second-order valence-electron chi connectivity index (χ2n) is 4.01. The lowest BCUT2D eigenvalue weighted by atomic mass is 10.2. The van der Waals surface area contributed by atoms with Gasteiger partial charge in [-0.05, 0) is 18.2 Å². The van der Waals surface area contributed by atoms with Gasteiger partial charge in [-0.2, -0.15) is 5.10 Å². The highest BCUT2D eigenvalue weighted by Gasteiger charge is 2.09. The number of carbonyl (C=O) groups excluding carboxylic acids is 1. The molecule has 0 radical (unpaired) electrons. The number of rotatable bonds is 2. The minimum absolute atomic E-state index is 0.114. The van der Waals surface area contributed by atoms with E-state index in [1.165, 1.54) is 29.1 Å². The molecule has 20 heavy (non-hydrogen) atoms. The lowest BCUT2D eigenvalue weighted by Gasteiger charge is -2.04. The van der Waals surface area contributed by atoms with Crippen molar-refractivity contribution in [1.29, 1.82) is 0 Å². The number of aryl methyl sites for hydroxylation is 1. The molecule has 2 N–H and O–H groups in total. The number of amides is 1. The minimum Gasteiger partial charge on any atom is -0.384 e. The Hall–Kier alpha value is -2.65. The highest BCUT2D eigenvalue weighted by atomic mass is 19.1. The van der Waals surface area contributed by atoms with Gasteiger partial charge in [-0.3, -0.25) is 9.48 Å². The van der Waals surface area contributed by atoms with Crippen LogP contribution in [0.4, 0.5) is 10.1 Å². The summed E-state index contributed by atoms with van der Waals surface area (Å²) >= 11 is 0. The first-order valence-corrected chi connectivity index (χ1v) is 5.79. The summed E-state index contributed by atoms with van der Waals surface area (Å²) in [6.07, 6.45) is 3.01. The number of anilines is 1. The van der Waals surface area contributed by atoms with Crippen molar-refractivity contribution in [2.75, 3.05) is 11.9 Å². The molecule has 1 heterocycles. The van der Waals surface area contributed by atoms with Crippen LogP contribution in [-0.2, 0) is 7.05 Å². The van der Waals surface area contributed by atoms with Gasteiger partial charge >= 0.3 is 0 Å². The van der Waals surface area contributed by atoms with Gasteiger partial charge in [0.25, 0.3) is 5.91 Å². The smallest absolute Gasteiger partial charge is 0.258 e. The average Bonchev–Trinajstić information content (AvgIpc) is 2.86. The molecule has 2 aromatic rings. The second-order valence-corrected chi connectivity index (χ2v) is 4.01. The van der Waals surface area contributed by atoms with Crippen LogP contribution < -0.4 is 5.32 Å². The predicted octanol–water partition coefficient (Wildman–Crippen LogP) is 1.16. The SMILES string of the molecule is Cn1cc(C(=O)Nc2ccc(F)c(C#CCO)c2)cn1. The number of aromatic nitrogens is 2. The number of hydrogen-bond acceptors (Lipinski definition) is 3. The van der Waals surface area contributed by atoms with Crippen LogP contribution in [0.25, 0.3) is 0 Å². The fourth-order valence-electron chi connectivity index (χ4n) is 1.58. The third kappa shape index (κ3) is 3.22. The van der Waals surface area contributed by atoms with Crippen molar-refractivity contribution in [3.8, 4) is 11.8 Å². The zero-order valence-electron chi connectivity index (χ0n) is 10.7. The Morgan fingerprint density at radius 1 is 1.55 bits per heavy atom. The van der Waals surface area contributed by atoms with Crippen molar-refractivity contribution in [2.24, 2.45) is 7.05 Å². The van der Waals surface area contributed by atoms with Crippen LogP contribution >= 0.6 is 0 Å². The van der Waals surface area contributed by atoms with E-state index < -0.39 is 5.82 Å². The Morgan fingerprint density at radius 2 is 2.35 bits per heavy atom. The van der Waals surface area contributed by atoms with Crippen LogP contribution in [0.2, 0.25) is 0 Å². The second kappa shape index (κ2) is 5.99. The van der Waals surface area contributed by atoms with E-state index in [0.29, 0.717) is 11.3 Å². The molecule has 1 aromatic heterocycles. The number of nitrogens with one attached hydrogen (secondary N) is 1. The summed E-state index contributed by atoms with van der Waals surface area (Å²) in [6, 6.07) is 4.06. The number of carbonyl (C=O) groups is 1. The zero-order chi connectivity index (χ0) is 14.5. The maximum atomic E-state index is 13.4. The minimum atomic E-state index is -0.509. The quantitative estimate of drug-likeness (QED) is 0.807. The van der Waals surface area contributed by atoms with Gasteiger partial charge in [0, 0.05) is 18.9 Å². The monoisotopic (exact) mass is 273 g/mol. The van der Waals surface area contributed by atoms with Crippen molar-refractivity contribution in [3.05, 3.63) is 47.5 Å². The molecule has 1 amide bonds. The van der Waals surface area contributed by atoms with Crippen LogP contribution in [0.15, 0.2) is 30.6 Å². The van der Waals surface area contributed by atoms with E-state index >= 15 is 0 Å². The number of nitrogens with zero attached hydrogens (tertiary/aromatic N) is 2. The van der Waals surface area contributed by atoms with Crippen LogP contribution in [0.3, 0.4) is 0 Å². The molecule has 0 unspecified atom stereocenters.